The fourth-order valence-electron chi connectivity index (χ4n) is 3.21. The van der Waals surface area contributed by atoms with Crippen molar-refractivity contribution in [1.82, 2.24) is 19.6 Å². The van der Waals surface area contributed by atoms with E-state index in [-0.39, 0.29) is 12.3 Å². The van der Waals surface area contributed by atoms with Crippen LogP contribution in [0.4, 0.5) is 5.82 Å². The summed E-state index contributed by atoms with van der Waals surface area (Å²) in [5.74, 6) is 0.979. The molecule has 0 aliphatic heterocycles. The number of hydrogen-bond donors (Lipinski definition) is 3. The van der Waals surface area contributed by atoms with Crippen LogP contribution in [0, 0.1) is 6.92 Å². The molecule has 0 spiro atoms. The number of methoxy groups -OCH3 is 1. The molecule has 1 amide bonds. The molecule has 0 saturated carbocycles. The summed E-state index contributed by atoms with van der Waals surface area (Å²) >= 11 is 0. The summed E-state index contributed by atoms with van der Waals surface area (Å²) in [6.45, 7) is 2.51. The van der Waals surface area contributed by atoms with Gasteiger partial charge in [-0.2, -0.15) is 0 Å². The van der Waals surface area contributed by atoms with Crippen LogP contribution in [0.2, 0.25) is 0 Å². The van der Waals surface area contributed by atoms with Gasteiger partial charge in [-0.15, -0.1) is 10.2 Å². The van der Waals surface area contributed by atoms with Crippen molar-refractivity contribution in [2.45, 2.75) is 26.2 Å². The molecule has 10 nitrogen and oxygen atoms in total. The number of carbonyl (C=O) groups is 2. The number of rotatable bonds is 8. The van der Waals surface area contributed by atoms with Crippen LogP contribution < -0.4 is 15.8 Å². The number of nitrogens with one attached hydrogen (secondary N) is 1. The second-order valence-electron chi connectivity index (χ2n) is 7.23. The lowest BCUT2D eigenvalue weighted by Gasteiger charge is -2.10. The third kappa shape index (κ3) is 5.94. The molecular weight excluding hydrogens is 424 g/mol. The SMILES string of the molecule is COc1ccc2c(c1)nc(NCCCCC(=O)O)c1nnc(C)n12.NC(=O)c1ccccc1. The van der Waals surface area contributed by atoms with Crippen molar-refractivity contribution in [2.75, 3.05) is 19.0 Å². The maximum atomic E-state index is 10.6. The summed E-state index contributed by atoms with van der Waals surface area (Å²) in [6.07, 6.45) is 1.53. The average molecular weight is 450 g/mol. The van der Waals surface area contributed by atoms with Crippen LogP contribution in [-0.4, -0.2) is 50.2 Å². The number of nitrogens with two attached hydrogens (primary N) is 1. The summed E-state index contributed by atoms with van der Waals surface area (Å²) in [6, 6.07) is 14.4. The third-order valence-electron chi connectivity index (χ3n) is 4.86. The van der Waals surface area contributed by atoms with E-state index in [2.05, 4.69) is 20.5 Å². The summed E-state index contributed by atoms with van der Waals surface area (Å²) in [5, 5.41) is 20.3. The Hall–Kier alpha value is -4.21. The third-order valence-corrected chi connectivity index (χ3v) is 4.86. The number of anilines is 1. The van der Waals surface area contributed by atoms with Gasteiger partial charge < -0.3 is 20.9 Å². The van der Waals surface area contributed by atoms with Crippen LogP contribution in [-0.2, 0) is 4.79 Å². The lowest BCUT2D eigenvalue weighted by atomic mass is 10.2. The normalized spacial score (nSPS) is 10.5. The molecule has 0 radical (unpaired) electrons. The van der Waals surface area contributed by atoms with E-state index < -0.39 is 5.97 Å². The van der Waals surface area contributed by atoms with Gasteiger partial charge >= 0.3 is 5.97 Å². The predicted octanol–water partition coefficient (Wildman–Crippen LogP) is 3.05. The molecule has 0 atom stereocenters. The molecule has 0 unspecified atom stereocenters. The van der Waals surface area contributed by atoms with Gasteiger partial charge in [0.15, 0.2) is 5.82 Å². The van der Waals surface area contributed by atoms with E-state index in [9.17, 15) is 9.59 Å². The van der Waals surface area contributed by atoms with E-state index in [1.807, 2.05) is 35.6 Å². The molecule has 33 heavy (non-hydrogen) atoms. The Bertz CT molecular complexity index is 1260. The first-order chi connectivity index (χ1) is 15.9. The number of carbonyl (C=O) groups excluding carboxylic acids is 1. The van der Waals surface area contributed by atoms with Crippen molar-refractivity contribution in [3.05, 3.63) is 59.9 Å². The molecule has 4 rings (SSSR count). The quantitative estimate of drug-likeness (QED) is 0.347. The van der Waals surface area contributed by atoms with E-state index >= 15 is 0 Å². The van der Waals surface area contributed by atoms with Crippen molar-refractivity contribution < 1.29 is 19.4 Å². The predicted molar refractivity (Wildman–Crippen MR) is 125 cm³/mol. The smallest absolute Gasteiger partial charge is 0.303 e. The Morgan fingerprint density at radius 3 is 2.52 bits per heavy atom. The van der Waals surface area contributed by atoms with Crippen LogP contribution in [0.5, 0.6) is 5.75 Å². The number of hydrogen-bond acceptors (Lipinski definition) is 7. The number of unbranched alkanes of at least 4 members (excludes halogenated alkanes) is 1. The Balaban J connectivity index is 0.000000286. The fourth-order valence-corrected chi connectivity index (χ4v) is 3.21. The minimum Gasteiger partial charge on any atom is -0.497 e. The van der Waals surface area contributed by atoms with Crippen molar-refractivity contribution >= 4 is 34.4 Å². The van der Waals surface area contributed by atoms with Gasteiger partial charge in [-0.05, 0) is 44.0 Å². The van der Waals surface area contributed by atoms with Crippen LogP contribution in [0.15, 0.2) is 48.5 Å². The number of nitrogens with zero attached hydrogens (tertiary/aromatic N) is 4. The standard InChI is InChI=1S/C16H19N5O3.C7H7NO/c1-10-19-20-16-15(17-8-4-3-5-14(22)23)18-12-9-11(24-2)6-7-13(12)21(10)16;8-7(9)6-4-2-1-3-5-6/h6-7,9H,3-5,8H2,1-2H3,(H,17,18)(H,22,23);1-5H,(H2,8,9). The van der Waals surface area contributed by atoms with Crippen LogP contribution in [0.3, 0.4) is 0 Å². The highest BCUT2D eigenvalue weighted by Gasteiger charge is 2.13. The number of aryl methyl sites for hydroxylation is 1. The molecule has 0 saturated heterocycles. The summed E-state index contributed by atoms with van der Waals surface area (Å²) < 4.78 is 7.21. The van der Waals surface area contributed by atoms with Gasteiger partial charge in [0, 0.05) is 24.6 Å². The van der Waals surface area contributed by atoms with Crippen LogP contribution in [0.1, 0.15) is 35.4 Å². The number of amides is 1. The molecule has 4 N–H and O–H groups in total. The Morgan fingerprint density at radius 2 is 1.88 bits per heavy atom. The maximum absolute atomic E-state index is 10.6. The molecule has 2 aromatic carbocycles. The van der Waals surface area contributed by atoms with Gasteiger partial charge in [-0.3, -0.25) is 14.0 Å². The highest BCUT2D eigenvalue weighted by Crippen LogP contribution is 2.25. The zero-order valence-electron chi connectivity index (χ0n) is 18.5. The summed E-state index contributed by atoms with van der Waals surface area (Å²) in [4.78, 5) is 25.6. The highest BCUT2D eigenvalue weighted by atomic mass is 16.5. The average Bonchev–Trinajstić information content (AvgIpc) is 3.21. The van der Waals surface area contributed by atoms with Gasteiger partial charge in [0.2, 0.25) is 11.6 Å². The van der Waals surface area contributed by atoms with Gasteiger partial charge in [0.1, 0.15) is 11.6 Å². The highest BCUT2D eigenvalue weighted by molar-refractivity contribution is 5.92. The second-order valence-corrected chi connectivity index (χ2v) is 7.23. The maximum Gasteiger partial charge on any atom is 0.303 e. The number of fused-ring (bicyclic) bond motifs is 3. The molecule has 4 aromatic rings. The van der Waals surface area contributed by atoms with Crippen molar-refractivity contribution in [1.29, 1.82) is 0 Å². The Kier molecular flexibility index (Phi) is 7.74. The molecule has 2 heterocycles. The van der Waals surface area contributed by atoms with E-state index in [0.717, 1.165) is 29.0 Å². The first kappa shape index (κ1) is 23.5. The number of ether oxygens (including phenoxy) is 1. The first-order valence-electron chi connectivity index (χ1n) is 10.4. The first-order valence-corrected chi connectivity index (χ1v) is 10.4. The minimum absolute atomic E-state index is 0.170. The summed E-state index contributed by atoms with van der Waals surface area (Å²) in [5.41, 5.74) is 7.87. The Morgan fingerprint density at radius 1 is 1.12 bits per heavy atom. The molecule has 2 aromatic heterocycles. The second kappa shape index (κ2) is 10.9. The zero-order valence-corrected chi connectivity index (χ0v) is 18.5. The fraction of sp³-hybridized carbons (Fsp3) is 0.261. The van der Waals surface area contributed by atoms with E-state index in [1.54, 1.807) is 31.4 Å². The van der Waals surface area contributed by atoms with Crippen molar-refractivity contribution in [3.8, 4) is 5.75 Å². The number of aliphatic carboxylic acids is 1. The molecule has 0 aliphatic carbocycles. The largest absolute Gasteiger partial charge is 0.497 e. The number of primary amides is 1. The van der Waals surface area contributed by atoms with Gasteiger partial charge in [0.05, 0.1) is 18.1 Å². The van der Waals surface area contributed by atoms with E-state index in [1.165, 1.54) is 0 Å². The monoisotopic (exact) mass is 450 g/mol. The van der Waals surface area contributed by atoms with Crippen molar-refractivity contribution in [2.24, 2.45) is 5.73 Å². The van der Waals surface area contributed by atoms with E-state index in [0.29, 0.717) is 30.0 Å². The van der Waals surface area contributed by atoms with E-state index in [4.69, 9.17) is 15.6 Å². The minimum atomic E-state index is -0.776. The lowest BCUT2D eigenvalue weighted by Crippen LogP contribution is -2.09. The molecule has 10 heteroatoms. The Labute approximate surface area is 190 Å². The van der Waals surface area contributed by atoms with Gasteiger partial charge in [-0.25, -0.2) is 4.98 Å². The van der Waals surface area contributed by atoms with Crippen LogP contribution in [0.25, 0.3) is 16.7 Å². The zero-order chi connectivity index (χ0) is 23.8. The van der Waals surface area contributed by atoms with Crippen molar-refractivity contribution in [3.63, 3.8) is 0 Å². The molecule has 172 valence electrons. The lowest BCUT2D eigenvalue weighted by molar-refractivity contribution is -0.137. The summed E-state index contributed by atoms with van der Waals surface area (Å²) in [7, 11) is 1.62. The number of benzene rings is 2. The van der Waals surface area contributed by atoms with Crippen LogP contribution >= 0.6 is 0 Å². The number of aromatic nitrogens is 4. The molecule has 0 bridgehead atoms. The molecule has 0 fully saturated rings. The van der Waals surface area contributed by atoms with Gasteiger partial charge in [-0.1, -0.05) is 18.2 Å². The van der Waals surface area contributed by atoms with Gasteiger partial charge in [0.25, 0.3) is 0 Å². The topological polar surface area (TPSA) is 145 Å². The molecular formula is C23H26N6O4. The number of carboxylic acids is 1. The molecule has 0 aliphatic rings. The number of carboxylic acid groups (broad SMARTS) is 1.